The molecule has 0 amide bonds. The summed E-state index contributed by atoms with van der Waals surface area (Å²) in [6.45, 7) is 4.97. The summed E-state index contributed by atoms with van der Waals surface area (Å²) in [5.41, 5.74) is 6.04. The number of nitrogens with one attached hydrogen (secondary N) is 1. The first-order chi connectivity index (χ1) is 22.2. The number of halogens is 1. The molecule has 0 bridgehead atoms. The van der Waals surface area contributed by atoms with Gasteiger partial charge in [0, 0.05) is 57.6 Å². The molecule has 46 heavy (non-hydrogen) atoms. The van der Waals surface area contributed by atoms with Crippen LogP contribution < -0.4 is 20.3 Å². The van der Waals surface area contributed by atoms with Gasteiger partial charge in [-0.1, -0.05) is 11.6 Å². The molecule has 1 unspecified atom stereocenters. The SMILES string of the molecule is COC(=O)c1csc2c(-c3cc(Cl)ccc3OCCn3c(C)nc4c(c3=O)CC(NCc3ccnc(OC)c3)CC4)cc(C)nc12. The monoisotopic (exact) mass is 659 g/mol. The van der Waals surface area contributed by atoms with E-state index in [1.165, 1.54) is 18.4 Å². The van der Waals surface area contributed by atoms with Gasteiger partial charge < -0.3 is 19.5 Å². The summed E-state index contributed by atoms with van der Waals surface area (Å²) in [6.07, 6.45) is 3.99. The van der Waals surface area contributed by atoms with Gasteiger partial charge >= 0.3 is 5.97 Å². The average Bonchev–Trinajstić information content (AvgIpc) is 3.49. The fourth-order valence-electron chi connectivity index (χ4n) is 5.88. The number of ether oxygens (including phenoxy) is 3. The van der Waals surface area contributed by atoms with Crippen LogP contribution in [0.25, 0.3) is 21.3 Å². The second-order valence-corrected chi connectivity index (χ2v) is 12.5. The minimum absolute atomic E-state index is 0.0279. The normalized spacial score (nSPS) is 14.2. The van der Waals surface area contributed by atoms with Gasteiger partial charge in [-0.3, -0.25) is 14.3 Å². The Balaban J connectivity index is 1.20. The third kappa shape index (κ3) is 6.48. The number of esters is 1. The number of thiophene rings is 1. The largest absolute Gasteiger partial charge is 0.491 e. The van der Waals surface area contributed by atoms with E-state index < -0.39 is 5.97 Å². The number of methoxy groups -OCH3 is 2. The van der Waals surface area contributed by atoms with Crippen molar-refractivity contribution in [3.63, 3.8) is 0 Å². The van der Waals surface area contributed by atoms with E-state index >= 15 is 0 Å². The molecule has 4 heterocycles. The highest BCUT2D eigenvalue weighted by molar-refractivity contribution is 7.18. The van der Waals surface area contributed by atoms with Crippen molar-refractivity contribution in [2.24, 2.45) is 0 Å². The van der Waals surface area contributed by atoms with E-state index in [1.54, 1.807) is 29.3 Å². The molecule has 0 spiro atoms. The first kappa shape index (κ1) is 31.7. The Kier molecular flexibility index (Phi) is 9.34. The summed E-state index contributed by atoms with van der Waals surface area (Å²) in [5.74, 6) is 1.42. The summed E-state index contributed by atoms with van der Waals surface area (Å²) in [7, 11) is 2.96. The second kappa shape index (κ2) is 13.6. The van der Waals surface area contributed by atoms with Crippen LogP contribution in [0.4, 0.5) is 0 Å². The zero-order valence-corrected chi connectivity index (χ0v) is 27.6. The van der Waals surface area contributed by atoms with Gasteiger partial charge in [-0.15, -0.1) is 11.3 Å². The predicted octanol–water partition coefficient (Wildman–Crippen LogP) is 5.71. The highest BCUT2D eigenvalue weighted by Gasteiger charge is 2.25. The van der Waals surface area contributed by atoms with Crippen molar-refractivity contribution >= 4 is 39.1 Å². The summed E-state index contributed by atoms with van der Waals surface area (Å²) in [4.78, 5) is 39.7. The molecule has 6 rings (SSSR count). The van der Waals surface area contributed by atoms with Gasteiger partial charge in [-0.25, -0.2) is 14.8 Å². The molecule has 1 aliphatic rings. The lowest BCUT2D eigenvalue weighted by atomic mass is 9.92. The summed E-state index contributed by atoms with van der Waals surface area (Å²) in [5, 5.41) is 5.89. The van der Waals surface area contributed by atoms with Gasteiger partial charge in [-0.05, 0) is 69.0 Å². The van der Waals surface area contributed by atoms with Gasteiger partial charge in [0.05, 0.1) is 42.2 Å². The maximum Gasteiger partial charge on any atom is 0.340 e. The summed E-state index contributed by atoms with van der Waals surface area (Å²) >= 11 is 7.86. The molecule has 1 aliphatic carbocycles. The standard InChI is InChI=1S/C34H34ClN5O5S/c1-19-13-25(32-31(38-19)27(18-46-32)34(42)44-4)24-15-22(35)5-8-29(24)45-12-11-40-20(2)39-28-7-6-23(16-26(28)33(40)41)37-17-21-9-10-36-30(14-21)43-3/h5,8-10,13-15,18,23,37H,6-7,11-12,16-17H2,1-4H3. The Morgan fingerprint density at radius 3 is 2.78 bits per heavy atom. The number of aromatic nitrogens is 4. The average molecular weight is 660 g/mol. The molecule has 1 atom stereocenters. The van der Waals surface area contributed by atoms with Crippen LogP contribution >= 0.6 is 22.9 Å². The van der Waals surface area contributed by atoms with E-state index in [9.17, 15) is 9.59 Å². The second-order valence-electron chi connectivity index (χ2n) is 11.2. The van der Waals surface area contributed by atoms with Crippen molar-refractivity contribution in [2.45, 2.75) is 52.2 Å². The summed E-state index contributed by atoms with van der Waals surface area (Å²) < 4.78 is 19.0. The Morgan fingerprint density at radius 2 is 1.98 bits per heavy atom. The van der Waals surface area contributed by atoms with Gasteiger partial charge in [0.15, 0.2) is 0 Å². The number of nitrogens with zero attached hydrogens (tertiary/aromatic N) is 4. The third-order valence-electron chi connectivity index (χ3n) is 8.18. The molecule has 4 aromatic heterocycles. The Bertz CT molecular complexity index is 1990. The minimum atomic E-state index is -0.436. The van der Waals surface area contributed by atoms with Crippen LogP contribution in [0.3, 0.4) is 0 Å². The van der Waals surface area contributed by atoms with E-state index in [4.69, 9.17) is 30.8 Å². The van der Waals surface area contributed by atoms with Crippen molar-refractivity contribution in [1.29, 1.82) is 0 Å². The van der Waals surface area contributed by atoms with E-state index in [2.05, 4.69) is 15.3 Å². The van der Waals surface area contributed by atoms with Crippen LogP contribution in [0.15, 0.2) is 52.8 Å². The maximum absolute atomic E-state index is 13.7. The fraction of sp³-hybridized carbons (Fsp3) is 0.324. The number of carbonyl (C=O) groups excluding carboxylic acids is 1. The molecule has 1 aromatic carbocycles. The zero-order chi connectivity index (χ0) is 32.4. The lowest BCUT2D eigenvalue weighted by molar-refractivity contribution is 0.0603. The molecule has 0 saturated heterocycles. The molecule has 0 fully saturated rings. The molecule has 0 radical (unpaired) electrons. The van der Waals surface area contributed by atoms with E-state index in [0.717, 1.165) is 51.2 Å². The van der Waals surface area contributed by atoms with E-state index in [1.807, 2.05) is 44.2 Å². The van der Waals surface area contributed by atoms with Crippen molar-refractivity contribution in [3.05, 3.63) is 97.3 Å². The van der Waals surface area contributed by atoms with Crippen LogP contribution in [0, 0.1) is 13.8 Å². The van der Waals surface area contributed by atoms with Crippen molar-refractivity contribution in [1.82, 2.24) is 24.8 Å². The lowest BCUT2D eigenvalue weighted by Gasteiger charge is -2.26. The molecular formula is C34H34ClN5O5S. The number of aryl methyl sites for hydroxylation is 3. The molecule has 0 aliphatic heterocycles. The molecule has 12 heteroatoms. The lowest BCUT2D eigenvalue weighted by Crippen LogP contribution is -2.40. The topological polar surface area (TPSA) is 117 Å². The highest BCUT2D eigenvalue weighted by Crippen LogP contribution is 2.40. The van der Waals surface area contributed by atoms with Gasteiger partial charge in [0.1, 0.15) is 18.2 Å². The molecule has 1 N–H and O–H groups in total. The third-order valence-corrected chi connectivity index (χ3v) is 9.42. The summed E-state index contributed by atoms with van der Waals surface area (Å²) in [6, 6.07) is 11.4. The van der Waals surface area contributed by atoms with Gasteiger partial charge in [0.2, 0.25) is 5.88 Å². The number of rotatable bonds is 10. The molecule has 0 saturated carbocycles. The van der Waals surface area contributed by atoms with Gasteiger partial charge in [-0.2, -0.15) is 0 Å². The fourth-order valence-corrected chi connectivity index (χ4v) is 7.06. The smallest absolute Gasteiger partial charge is 0.340 e. The molecule has 5 aromatic rings. The molecule has 238 valence electrons. The van der Waals surface area contributed by atoms with E-state index in [-0.39, 0.29) is 18.2 Å². The Labute approximate surface area is 275 Å². The van der Waals surface area contributed by atoms with E-state index in [0.29, 0.717) is 53.1 Å². The zero-order valence-electron chi connectivity index (χ0n) is 26.1. The Morgan fingerprint density at radius 1 is 1.13 bits per heavy atom. The van der Waals surface area contributed by atoms with Crippen LogP contribution in [-0.4, -0.2) is 52.4 Å². The quantitative estimate of drug-likeness (QED) is 0.188. The first-order valence-corrected chi connectivity index (χ1v) is 16.2. The van der Waals surface area contributed by atoms with Crippen molar-refractivity contribution in [3.8, 4) is 22.8 Å². The van der Waals surface area contributed by atoms with Crippen LogP contribution in [0.5, 0.6) is 11.6 Å². The van der Waals surface area contributed by atoms with Crippen LogP contribution in [0.2, 0.25) is 5.02 Å². The maximum atomic E-state index is 13.7. The predicted molar refractivity (Wildman–Crippen MR) is 178 cm³/mol. The van der Waals surface area contributed by atoms with Crippen molar-refractivity contribution < 1.29 is 19.0 Å². The minimum Gasteiger partial charge on any atom is -0.491 e. The van der Waals surface area contributed by atoms with Crippen LogP contribution in [0.1, 0.15) is 45.1 Å². The number of hydrogen-bond acceptors (Lipinski definition) is 10. The highest BCUT2D eigenvalue weighted by atomic mass is 35.5. The number of carbonyl (C=O) groups is 1. The van der Waals surface area contributed by atoms with Crippen molar-refractivity contribution in [2.75, 3.05) is 20.8 Å². The molecular weight excluding hydrogens is 626 g/mol. The Hall–Kier alpha value is -4.32. The number of benzene rings is 1. The molecule has 10 nitrogen and oxygen atoms in total. The number of pyridine rings is 2. The van der Waals surface area contributed by atoms with Gasteiger partial charge in [0.25, 0.3) is 5.56 Å². The van der Waals surface area contributed by atoms with Crippen LogP contribution in [-0.2, 0) is 30.7 Å². The first-order valence-electron chi connectivity index (χ1n) is 15.0. The number of hydrogen-bond donors (Lipinski definition) is 1. The number of fused-ring (bicyclic) bond motifs is 2.